The second-order valence-electron chi connectivity index (χ2n) is 5.36. The van der Waals surface area contributed by atoms with Gasteiger partial charge >= 0.3 is 0 Å². The Morgan fingerprint density at radius 1 is 1.29 bits per heavy atom. The van der Waals surface area contributed by atoms with Gasteiger partial charge in [0.15, 0.2) is 0 Å². The standard InChI is InChI=1S/C17H27NO3/c1-4-19-8-6-7-18-12-15-11-17-14(9-13(3)21-17)10-16(15)20-5-2/h10-11,13,18H,4-9,12H2,1-3H3. The van der Waals surface area contributed by atoms with Gasteiger partial charge in [-0.25, -0.2) is 0 Å². The Balaban J connectivity index is 1.93. The van der Waals surface area contributed by atoms with Crippen molar-refractivity contribution in [2.45, 2.75) is 46.3 Å². The maximum absolute atomic E-state index is 5.84. The Kier molecular flexibility index (Phi) is 6.33. The Labute approximate surface area is 127 Å². The lowest BCUT2D eigenvalue weighted by Gasteiger charge is -2.13. The van der Waals surface area contributed by atoms with E-state index in [9.17, 15) is 0 Å². The highest BCUT2D eigenvalue weighted by Gasteiger charge is 2.21. The zero-order chi connectivity index (χ0) is 15.1. The normalized spacial score (nSPS) is 16.6. The number of rotatable bonds is 9. The van der Waals surface area contributed by atoms with Crippen molar-refractivity contribution in [3.05, 3.63) is 23.3 Å². The van der Waals surface area contributed by atoms with Crippen LogP contribution in [0.2, 0.25) is 0 Å². The molecule has 0 saturated heterocycles. The summed E-state index contributed by atoms with van der Waals surface area (Å²) in [6, 6.07) is 4.26. The third-order valence-electron chi connectivity index (χ3n) is 3.54. The van der Waals surface area contributed by atoms with Gasteiger partial charge in [-0.2, -0.15) is 0 Å². The highest BCUT2D eigenvalue weighted by molar-refractivity contribution is 5.48. The van der Waals surface area contributed by atoms with E-state index in [1.165, 1.54) is 11.1 Å². The minimum absolute atomic E-state index is 0.267. The summed E-state index contributed by atoms with van der Waals surface area (Å²) < 4.78 is 16.9. The summed E-state index contributed by atoms with van der Waals surface area (Å²) in [6.07, 6.45) is 2.26. The highest BCUT2D eigenvalue weighted by Crippen LogP contribution is 2.35. The van der Waals surface area contributed by atoms with Crippen LogP contribution in [0.5, 0.6) is 11.5 Å². The van der Waals surface area contributed by atoms with Gasteiger partial charge < -0.3 is 19.5 Å². The van der Waals surface area contributed by atoms with Gasteiger partial charge in [-0.05, 0) is 45.9 Å². The van der Waals surface area contributed by atoms with E-state index in [1.807, 2.05) is 13.8 Å². The van der Waals surface area contributed by atoms with E-state index >= 15 is 0 Å². The van der Waals surface area contributed by atoms with Gasteiger partial charge in [0, 0.05) is 37.3 Å². The quantitative estimate of drug-likeness (QED) is 0.711. The molecule has 1 aromatic carbocycles. The Morgan fingerprint density at radius 3 is 2.90 bits per heavy atom. The highest BCUT2D eigenvalue weighted by atomic mass is 16.5. The van der Waals surface area contributed by atoms with Crippen molar-refractivity contribution in [2.75, 3.05) is 26.4 Å². The van der Waals surface area contributed by atoms with Crippen LogP contribution >= 0.6 is 0 Å². The first-order valence-corrected chi connectivity index (χ1v) is 7.98. The minimum Gasteiger partial charge on any atom is -0.494 e. The van der Waals surface area contributed by atoms with Crippen LogP contribution in [0.1, 0.15) is 38.3 Å². The summed E-state index contributed by atoms with van der Waals surface area (Å²) in [4.78, 5) is 0. The second kappa shape index (κ2) is 8.25. The van der Waals surface area contributed by atoms with Crippen molar-refractivity contribution in [2.24, 2.45) is 0 Å². The summed E-state index contributed by atoms with van der Waals surface area (Å²) >= 11 is 0. The first-order valence-electron chi connectivity index (χ1n) is 7.98. The van der Waals surface area contributed by atoms with Gasteiger partial charge in [0.25, 0.3) is 0 Å². The summed E-state index contributed by atoms with van der Waals surface area (Å²) in [5.74, 6) is 1.99. The average Bonchev–Trinajstić information content (AvgIpc) is 2.82. The molecule has 2 rings (SSSR count). The molecule has 0 amide bonds. The molecule has 0 radical (unpaired) electrons. The number of hydrogen-bond donors (Lipinski definition) is 1. The van der Waals surface area contributed by atoms with E-state index in [0.29, 0.717) is 6.61 Å². The lowest BCUT2D eigenvalue weighted by Crippen LogP contribution is -2.17. The largest absolute Gasteiger partial charge is 0.494 e. The fourth-order valence-corrected chi connectivity index (χ4v) is 2.58. The SMILES string of the molecule is CCOCCCNCc1cc2c(cc1OCC)CC(C)O2. The molecule has 4 heteroatoms. The fraction of sp³-hybridized carbons (Fsp3) is 0.647. The molecule has 1 aliphatic rings. The molecule has 4 nitrogen and oxygen atoms in total. The molecule has 1 aliphatic heterocycles. The van der Waals surface area contributed by atoms with Crippen LogP contribution in [0, 0.1) is 0 Å². The molecule has 1 aromatic rings. The molecule has 0 bridgehead atoms. The molecule has 0 aliphatic carbocycles. The number of benzene rings is 1. The maximum Gasteiger partial charge on any atom is 0.124 e. The van der Waals surface area contributed by atoms with Crippen LogP contribution in [-0.4, -0.2) is 32.5 Å². The van der Waals surface area contributed by atoms with Crippen LogP contribution < -0.4 is 14.8 Å². The maximum atomic E-state index is 5.84. The topological polar surface area (TPSA) is 39.7 Å². The lowest BCUT2D eigenvalue weighted by atomic mass is 10.1. The molecular formula is C17H27NO3. The summed E-state index contributed by atoms with van der Waals surface area (Å²) in [5.41, 5.74) is 2.42. The van der Waals surface area contributed by atoms with Crippen LogP contribution in [0.4, 0.5) is 0 Å². The third kappa shape index (κ3) is 4.61. The smallest absolute Gasteiger partial charge is 0.124 e. The Morgan fingerprint density at radius 2 is 2.14 bits per heavy atom. The van der Waals surface area contributed by atoms with Crippen molar-refractivity contribution < 1.29 is 14.2 Å². The van der Waals surface area contributed by atoms with Gasteiger partial charge in [0.05, 0.1) is 6.61 Å². The van der Waals surface area contributed by atoms with E-state index in [0.717, 1.165) is 50.6 Å². The minimum atomic E-state index is 0.267. The zero-order valence-electron chi connectivity index (χ0n) is 13.4. The van der Waals surface area contributed by atoms with Crippen LogP contribution in [0.3, 0.4) is 0 Å². The van der Waals surface area contributed by atoms with Crippen molar-refractivity contribution in [1.82, 2.24) is 5.32 Å². The first kappa shape index (κ1) is 16.1. The predicted molar refractivity (Wildman–Crippen MR) is 84.2 cm³/mol. The van der Waals surface area contributed by atoms with Crippen molar-refractivity contribution in [3.63, 3.8) is 0 Å². The fourth-order valence-electron chi connectivity index (χ4n) is 2.58. The molecule has 1 atom stereocenters. The number of hydrogen-bond acceptors (Lipinski definition) is 4. The van der Waals surface area contributed by atoms with Crippen molar-refractivity contribution in [1.29, 1.82) is 0 Å². The van der Waals surface area contributed by atoms with E-state index < -0.39 is 0 Å². The summed E-state index contributed by atoms with van der Waals surface area (Å²) in [5, 5.41) is 3.45. The van der Waals surface area contributed by atoms with Crippen molar-refractivity contribution in [3.8, 4) is 11.5 Å². The summed E-state index contributed by atoms with van der Waals surface area (Å²) in [6.45, 7) is 10.2. The molecule has 0 aromatic heterocycles. The van der Waals surface area contributed by atoms with Crippen LogP contribution in [-0.2, 0) is 17.7 Å². The molecule has 0 saturated carbocycles. The molecule has 1 unspecified atom stereocenters. The monoisotopic (exact) mass is 293 g/mol. The lowest BCUT2D eigenvalue weighted by molar-refractivity contribution is 0.144. The van der Waals surface area contributed by atoms with Crippen molar-refractivity contribution >= 4 is 0 Å². The molecule has 118 valence electrons. The molecule has 0 fully saturated rings. The Bertz CT molecular complexity index is 448. The molecule has 1 N–H and O–H groups in total. The molecule has 0 spiro atoms. The average molecular weight is 293 g/mol. The van der Waals surface area contributed by atoms with Gasteiger partial charge in [-0.15, -0.1) is 0 Å². The number of nitrogens with one attached hydrogen (secondary N) is 1. The van der Waals surface area contributed by atoms with Crippen LogP contribution in [0.25, 0.3) is 0 Å². The van der Waals surface area contributed by atoms with Crippen LogP contribution in [0.15, 0.2) is 12.1 Å². The number of fused-ring (bicyclic) bond motifs is 1. The van der Waals surface area contributed by atoms with E-state index in [4.69, 9.17) is 14.2 Å². The Hall–Kier alpha value is -1.26. The van der Waals surface area contributed by atoms with Gasteiger partial charge in [0.2, 0.25) is 0 Å². The van der Waals surface area contributed by atoms with Gasteiger partial charge in [-0.3, -0.25) is 0 Å². The van der Waals surface area contributed by atoms with Gasteiger partial charge in [0.1, 0.15) is 17.6 Å². The van der Waals surface area contributed by atoms with Gasteiger partial charge in [-0.1, -0.05) is 0 Å². The van der Waals surface area contributed by atoms with E-state index in [1.54, 1.807) is 0 Å². The number of ether oxygens (including phenoxy) is 3. The molecule has 21 heavy (non-hydrogen) atoms. The van der Waals surface area contributed by atoms with E-state index in [-0.39, 0.29) is 6.10 Å². The molecular weight excluding hydrogens is 266 g/mol. The third-order valence-corrected chi connectivity index (χ3v) is 3.54. The second-order valence-corrected chi connectivity index (χ2v) is 5.36. The zero-order valence-corrected chi connectivity index (χ0v) is 13.4. The van der Waals surface area contributed by atoms with E-state index in [2.05, 4.69) is 24.4 Å². The molecule has 1 heterocycles. The predicted octanol–water partition coefficient (Wildman–Crippen LogP) is 2.92. The summed E-state index contributed by atoms with van der Waals surface area (Å²) in [7, 11) is 0. The first-order chi connectivity index (χ1) is 10.2.